The molecule has 2 aromatic heterocycles. The number of rotatable bonds is 13. The van der Waals surface area contributed by atoms with Crippen molar-refractivity contribution in [3.8, 4) is 0 Å². The molecule has 10 nitrogen and oxygen atoms in total. The van der Waals surface area contributed by atoms with Crippen LogP contribution in [0.2, 0.25) is 0 Å². The van der Waals surface area contributed by atoms with E-state index in [4.69, 9.17) is 4.74 Å². The number of carbonyl (C=O) groups excluding carboxylic acids is 1. The molecule has 0 amide bonds. The second-order valence-corrected chi connectivity index (χ2v) is 18.4. The molecule has 4 aliphatic heterocycles. The molecule has 10 rings (SSSR count). The Morgan fingerprint density at radius 2 is 1.20 bits per heavy atom. The Kier molecular flexibility index (Phi) is 11.6. The number of aliphatic hydroxyl groups excluding tert-OH is 1. The summed E-state index contributed by atoms with van der Waals surface area (Å²) in [6.45, 7) is 7.35. The molecule has 2 fully saturated rings. The van der Waals surface area contributed by atoms with Crippen molar-refractivity contribution in [2.24, 2.45) is 11.8 Å². The lowest BCUT2D eigenvalue weighted by atomic mass is 9.75. The highest BCUT2D eigenvalue weighted by Gasteiger charge is 2.45. The van der Waals surface area contributed by atoms with Crippen LogP contribution >= 0.6 is 0 Å². The van der Waals surface area contributed by atoms with Gasteiger partial charge in [-0.25, -0.2) is 14.8 Å². The number of carbonyl (C=O) groups is 1. The van der Waals surface area contributed by atoms with E-state index >= 15 is 0 Å². The van der Waals surface area contributed by atoms with E-state index in [1.807, 2.05) is 61.4 Å². The van der Waals surface area contributed by atoms with Crippen LogP contribution in [0.25, 0.3) is 22.3 Å². The van der Waals surface area contributed by atoms with E-state index in [1.165, 1.54) is 28.0 Å². The van der Waals surface area contributed by atoms with E-state index in [1.54, 1.807) is 6.07 Å². The van der Waals surface area contributed by atoms with Gasteiger partial charge in [0.1, 0.15) is 12.2 Å². The summed E-state index contributed by atoms with van der Waals surface area (Å²) in [4.78, 5) is 27.7. The normalized spacial score (nSPS) is 20.6. The Morgan fingerprint density at radius 1 is 0.688 bits per heavy atom. The molecule has 0 saturated carbocycles. The average Bonchev–Trinajstić information content (AvgIpc) is 4.14. The van der Waals surface area contributed by atoms with Crippen molar-refractivity contribution in [2.45, 2.75) is 76.2 Å². The highest BCUT2D eigenvalue weighted by Crippen LogP contribution is 2.49. The standard InChI is InChI=1S/C54H58N6O4/c1-37-48-32-55-35-59(48)46(51(37)40-13-6-3-7-14-40)30-50(61)39-21-25-58(26-22-39)45-20-12-17-42(29-45)53(62)64-34-54(63,43-23-27-57(28-24-43)44-18-10-5-11-19-44)31-47-52(41-15-8-4-9-16-41)38(2)49-33-56-36-60(47)49/h3-20,29,32-33,35-36,39,43,46-47,50,61,63H,21-28,30-31,34H2,1-2H3. The summed E-state index contributed by atoms with van der Waals surface area (Å²) in [5.41, 5.74) is 10.6. The van der Waals surface area contributed by atoms with Gasteiger partial charge < -0.3 is 33.9 Å². The Morgan fingerprint density at radius 3 is 1.81 bits per heavy atom. The monoisotopic (exact) mass is 854 g/mol. The molecule has 6 heterocycles. The van der Waals surface area contributed by atoms with E-state index in [-0.39, 0.29) is 30.5 Å². The number of imidazole rings is 2. The number of aliphatic hydroxyl groups is 2. The molecular formula is C54H58N6O4. The lowest BCUT2D eigenvalue weighted by Gasteiger charge is -2.43. The predicted molar refractivity (Wildman–Crippen MR) is 254 cm³/mol. The van der Waals surface area contributed by atoms with E-state index in [0.717, 1.165) is 80.1 Å². The molecule has 2 saturated heterocycles. The molecule has 64 heavy (non-hydrogen) atoms. The molecule has 10 heteroatoms. The predicted octanol–water partition coefficient (Wildman–Crippen LogP) is 9.61. The summed E-state index contributed by atoms with van der Waals surface area (Å²) < 4.78 is 10.6. The highest BCUT2D eigenvalue weighted by atomic mass is 16.5. The van der Waals surface area contributed by atoms with Crippen molar-refractivity contribution < 1.29 is 19.7 Å². The van der Waals surface area contributed by atoms with Crippen LogP contribution in [0.4, 0.5) is 11.4 Å². The van der Waals surface area contributed by atoms with E-state index in [9.17, 15) is 15.0 Å². The number of piperidine rings is 2. The molecule has 0 bridgehead atoms. The summed E-state index contributed by atoms with van der Waals surface area (Å²) in [7, 11) is 0. The van der Waals surface area contributed by atoms with Gasteiger partial charge in [-0.1, -0.05) is 84.9 Å². The Labute approximate surface area is 376 Å². The number of hydrogen-bond acceptors (Lipinski definition) is 8. The lowest BCUT2D eigenvalue weighted by molar-refractivity contribution is -0.0859. The van der Waals surface area contributed by atoms with Crippen LogP contribution in [-0.4, -0.2) is 79.8 Å². The van der Waals surface area contributed by atoms with Gasteiger partial charge >= 0.3 is 5.97 Å². The summed E-state index contributed by atoms with van der Waals surface area (Å²) in [6, 6.07) is 38.9. The van der Waals surface area contributed by atoms with Gasteiger partial charge in [-0.3, -0.25) is 0 Å². The van der Waals surface area contributed by atoms with Gasteiger partial charge in [-0.05, 0) is 122 Å². The average molecular weight is 855 g/mol. The Bertz CT molecular complexity index is 2640. The van der Waals surface area contributed by atoms with Crippen molar-refractivity contribution in [3.63, 3.8) is 0 Å². The zero-order valence-corrected chi connectivity index (χ0v) is 36.8. The van der Waals surface area contributed by atoms with E-state index in [2.05, 4.69) is 116 Å². The topological polar surface area (TPSA) is 109 Å². The number of benzene rings is 4. The summed E-state index contributed by atoms with van der Waals surface area (Å²) in [5, 5.41) is 24.8. The SMILES string of the molecule is CC1=C(c2ccccc2)C(CC(O)C2CCN(c3cccc(C(=O)OCC(O)(CC4C(c5ccccc5)=C(C)c5cncn54)C4CCN(c5ccccc5)CC4)c3)CC2)n2cncc21. The number of nitrogens with zero attached hydrogens (tertiary/aromatic N) is 6. The van der Waals surface area contributed by atoms with Crippen LogP contribution in [0.3, 0.4) is 0 Å². The first kappa shape index (κ1) is 41.8. The van der Waals surface area contributed by atoms with Crippen molar-refractivity contribution in [1.82, 2.24) is 19.1 Å². The van der Waals surface area contributed by atoms with Crippen molar-refractivity contribution >= 4 is 39.6 Å². The van der Waals surface area contributed by atoms with Gasteiger partial charge in [0.15, 0.2) is 0 Å². The molecule has 6 aromatic rings. The first-order valence-electron chi connectivity index (χ1n) is 23.0. The van der Waals surface area contributed by atoms with Crippen LogP contribution in [0.1, 0.15) is 97.3 Å². The van der Waals surface area contributed by atoms with Crippen LogP contribution in [0.15, 0.2) is 140 Å². The number of ether oxygens (including phenoxy) is 1. The first-order chi connectivity index (χ1) is 31.3. The summed E-state index contributed by atoms with van der Waals surface area (Å²) >= 11 is 0. The van der Waals surface area contributed by atoms with Gasteiger partial charge in [-0.2, -0.15) is 0 Å². The number of para-hydroxylation sites is 1. The largest absolute Gasteiger partial charge is 0.459 e. The van der Waals surface area contributed by atoms with Crippen molar-refractivity contribution in [2.75, 3.05) is 42.6 Å². The van der Waals surface area contributed by atoms with Crippen molar-refractivity contribution in [3.05, 3.63) is 168 Å². The van der Waals surface area contributed by atoms with Crippen LogP contribution in [0.5, 0.6) is 0 Å². The molecule has 4 aliphatic rings. The van der Waals surface area contributed by atoms with Gasteiger partial charge in [0.25, 0.3) is 0 Å². The molecule has 2 N–H and O–H groups in total. The zero-order valence-electron chi connectivity index (χ0n) is 36.8. The van der Waals surface area contributed by atoms with Gasteiger partial charge in [0.05, 0.1) is 60.2 Å². The molecule has 0 aliphatic carbocycles. The minimum absolute atomic E-state index is 0.0309. The van der Waals surface area contributed by atoms with Gasteiger partial charge in [-0.15, -0.1) is 0 Å². The maximum atomic E-state index is 14.1. The number of anilines is 2. The third kappa shape index (κ3) is 7.98. The molecular weight excluding hydrogens is 797 g/mol. The molecule has 4 aromatic carbocycles. The minimum Gasteiger partial charge on any atom is -0.459 e. The molecule has 4 atom stereocenters. The first-order valence-corrected chi connectivity index (χ1v) is 23.0. The lowest BCUT2D eigenvalue weighted by Crippen LogP contribution is -2.49. The maximum Gasteiger partial charge on any atom is 0.338 e. The summed E-state index contributed by atoms with van der Waals surface area (Å²) in [6.07, 6.45) is 11.4. The third-order valence-electron chi connectivity index (χ3n) is 14.8. The van der Waals surface area contributed by atoms with Crippen molar-refractivity contribution in [1.29, 1.82) is 0 Å². The quantitative estimate of drug-likeness (QED) is 0.111. The van der Waals surface area contributed by atoms with Crippen LogP contribution < -0.4 is 9.80 Å². The highest BCUT2D eigenvalue weighted by molar-refractivity contribution is 5.95. The zero-order chi connectivity index (χ0) is 43.8. The number of esters is 1. The molecule has 4 unspecified atom stereocenters. The van der Waals surface area contributed by atoms with Gasteiger partial charge in [0.2, 0.25) is 0 Å². The molecule has 0 radical (unpaired) electrons. The minimum atomic E-state index is -1.30. The molecule has 0 spiro atoms. The van der Waals surface area contributed by atoms with E-state index in [0.29, 0.717) is 18.4 Å². The van der Waals surface area contributed by atoms with Crippen LogP contribution in [-0.2, 0) is 4.74 Å². The number of hydrogen-bond donors (Lipinski definition) is 2. The number of fused-ring (bicyclic) bond motifs is 2. The fourth-order valence-corrected chi connectivity index (χ4v) is 11.3. The fourth-order valence-electron chi connectivity index (χ4n) is 11.3. The van der Waals surface area contributed by atoms with Gasteiger partial charge in [0, 0.05) is 44.0 Å². The fraction of sp³-hybridized carbons (Fsp3) is 0.352. The second kappa shape index (κ2) is 17.7. The third-order valence-corrected chi connectivity index (χ3v) is 14.8. The maximum absolute atomic E-state index is 14.1. The Balaban J connectivity index is 0.822. The number of allylic oxidation sites excluding steroid dienone is 4. The van der Waals surface area contributed by atoms with Crippen LogP contribution in [0, 0.1) is 11.8 Å². The smallest absolute Gasteiger partial charge is 0.338 e. The second-order valence-electron chi connectivity index (χ2n) is 18.4. The van der Waals surface area contributed by atoms with E-state index < -0.39 is 17.7 Å². The molecule has 328 valence electrons. The Hall–Kier alpha value is -6.23. The summed E-state index contributed by atoms with van der Waals surface area (Å²) in [5.74, 6) is -0.371. The number of aromatic nitrogens is 4.